The van der Waals surface area contributed by atoms with Crippen molar-refractivity contribution in [1.29, 1.82) is 0 Å². The molecule has 0 aliphatic heterocycles. The molecule has 1 N–H and O–H groups in total. The first kappa shape index (κ1) is 9.61. The second-order valence-electron chi connectivity index (χ2n) is 2.74. The monoisotopic (exact) mass is 269 g/mol. The van der Waals surface area contributed by atoms with Crippen molar-refractivity contribution in [3.8, 4) is 0 Å². The molecule has 0 radical (unpaired) electrons. The largest absolute Gasteiger partial charge is 0.378 e. The zero-order valence-electron chi connectivity index (χ0n) is 7.27. The van der Waals surface area contributed by atoms with Gasteiger partial charge in [0, 0.05) is 6.54 Å². The molecule has 0 saturated heterocycles. The summed E-state index contributed by atoms with van der Waals surface area (Å²) in [7, 11) is 0. The molecule has 3 nitrogen and oxygen atoms in total. The van der Waals surface area contributed by atoms with Gasteiger partial charge in [0.1, 0.15) is 6.33 Å². The zero-order valence-corrected chi connectivity index (χ0v) is 9.68. The van der Waals surface area contributed by atoms with E-state index in [9.17, 15) is 0 Å². The Kier molecular flexibility index (Phi) is 3.10. The van der Waals surface area contributed by atoms with Gasteiger partial charge in [0.15, 0.2) is 0 Å². The van der Waals surface area contributed by atoms with E-state index >= 15 is 0 Å². The van der Waals surface area contributed by atoms with Gasteiger partial charge >= 0.3 is 0 Å². The van der Waals surface area contributed by atoms with E-state index in [4.69, 9.17) is 0 Å². The minimum absolute atomic E-state index is 0.801. The van der Waals surface area contributed by atoms with Gasteiger partial charge in [-0.15, -0.1) is 11.3 Å². The van der Waals surface area contributed by atoms with Gasteiger partial charge in [-0.05, 0) is 32.9 Å². The summed E-state index contributed by atoms with van der Waals surface area (Å²) in [5.41, 5.74) is 2.19. The number of anilines is 1. The number of nitrogens with one attached hydrogen (secondary N) is 1. The Morgan fingerprint density at radius 3 is 2.79 bits per heavy atom. The van der Waals surface area contributed by atoms with E-state index in [0.29, 0.717) is 0 Å². The van der Waals surface area contributed by atoms with Crippen molar-refractivity contribution in [2.75, 3.05) is 5.32 Å². The van der Waals surface area contributed by atoms with Crippen molar-refractivity contribution < 1.29 is 0 Å². The molecule has 2 heterocycles. The SMILES string of the molecule is Brc1cc(CNc2cncnc2)cs1. The van der Waals surface area contributed by atoms with Crippen molar-refractivity contribution in [2.24, 2.45) is 0 Å². The highest BCUT2D eigenvalue weighted by Gasteiger charge is 1.97. The van der Waals surface area contributed by atoms with Gasteiger partial charge in [-0.1, -0.05) is 0 Å². The molecule has 2 aromatic rings. The van der Waals surface area contributed by atoms with Crippen LogP contribution in [-0.2, 0) is 6.54 Å². The molecule has 0 spiro atoms. The maximum Gasteiger partial charge on any atom is 0.115 e. The number of hydrogen-bond acceptors (Lipinski definition) is 4. The number of thiophene rings is 1. The molecule has 0 bridgehead atoms. The topological polar surface area (TPSA) is 37.8 Å². The fourth-order valence-electron chi connectivity index (χ4n) is 1.03. The Labute approximate surface area is 94.4 Å². The van der Waals surface area contributed by atoms with Crippen LogP contribution in [0.3, 0.4) is 0 Å². The second-order valence-corrected chi connectivity index (χ2v) is 5.03. The first-order chi connectivity index (χ1) is 6.84. The summed E-state index contributed by atoms with van der Waals surface area (Å²) in [6.07, 6.45) is 5.04. The van der Waals surface area contributed by atoms with E-state index in [1.165, 1.54) is 11.9 Å². The standard InChI is InChI=1S/C9H8BrN3S/c10-9-1-7(5-14-9)2-13-8-3-11-6-12-4-8/h1,3-6,13H,2H2. The van der Waals surface area contributed by atoms with E-state index in [2.05, 4.69) is 42.7 Å². The average molecular weight is 270 g/mol. The highest BCUT2D eigenvalue weighted by molar-refractivity contribution is 9.11. The number of rotatable bonds is 3. The first-order valence-electron chi connectivity index (χ1n) is 4.06. The van der Waals surface area contributed by atoms with Gasteiger partial charge in [0.25, 0.3) is 0 Å². The molecule has 72 valence electrons. The molecule has 0 aliphatic carbocycles. The number of nitrogens with zero attached hydrogens (tertiary/aromatic N) is 2. The minimum Gasteiger partial charge on any atom is -0.378 e. The van der Waals surface area contributed by atoms with E-state index in [-0.39, 0.29) is 0 Å². The first-order valence-corrected chi connectivity index (χ1v) is 5.73. The Hall–Kier alpha value is -0.940. The van der Waals surface area contributed by atoms with Crippen LogP contribution < -0.4 is 5.32 Å². The van der Waals surface area contributed by atoms with E-state index < -0.39 is 0 Å². The normalized spacial score (nSPS) is 10.1. The minimum atomic E-state index is 0.801. The molecule has 0 atom stereocenters. The van der Waals surface area contributed by atoms with Crippen molar-refractivity contribution in [3.63, 3.8) is 0 Å². The van der Waals surface area contributed by atoms with Gasteiger partial charge in [0.05, 0.1) is 21.9 Å². The molecular weight excluding hydrogens is 262 g/mol. The van der Waals surface area contributed by atoms with Crippen LogP contribution in [0.2, 0.25) is 0 Å². The zero-order chi connectivity index (χ0) is 9.80. The Morgan fingerprint density at radius 2 is 2.14 bits per heavy atom. The Morgan fingerprint density at radius 1 is 1.36 bits per heavy atom. The predicted molar refractivity (Wildman–Crippen MR) is 61.4 cm³/mol. The van der Waals surface area contributed by atoms with Crippen LogP contribution in [0.25, 0.3) is 0 Å². The molecule has 0 amide bonds. The van der Waals surface area contributed by atoms with E-state index in [1.54, 1.807) is 23.7 Å². The van der Waals surface area contributed by atoms with Crippen LogP contribution >= 0.6 is 27.3 Å². The summed E-state index contributed by atoms with van der Waals surface area (Å²) in [5.74, 6) is 0. The summed E-state index contributed by atoms with van der Waals surface area (Å²) in [5, 5.41) is 5.35. The molecule has 5 heteroatoms. The summed E-state index contributed by atoms with van der Waals surface area (Å²) in [6, 6.07) is 2.10. The second kappa shape index (κ2) is 4.52. The van der Waals surface area contributed by atoms with Crippen LogP contribution in [0.5, 0.6) is 0 Å². The average Bonchev–Trinajstić information content (AvgIpc) is 2.63. The lowest BCUT2D eigenvalue weighted by molar-refractivity contribution is 1.11. The van der Waals surface area contributed by atoms with Crippen molar-refractivity contribution in [2.45, 2.75) is 6.54 Å². The Bertz CT molecular complexity index is 401. The molecule has 2 aromatic heterocycles. The third kappa shape index (κ3) is 2.52. The lowest BCUT2D eigenvalue weighted by atomic mass is 10.3. The smallest absolute Gasteiger partial charge is 0.115 e. The maximum atomic E-state index is 3.92. The summed E-state index contributed by atoms with van der Waals surface area (Å²) < 4.78 is 1.15. The fourth-order valence-corrected chi connectivity index (χ4v) is 2.24. The number of halogens is 1. The predicted octanol–water partition coefficient (Wildman–Crippen LogP) is 2.91. The lowest BCUT2D eigenvalue weighted by Gasteiger charge is -2.02. The quantitative estimate of drug-likeness (QED) is 0.931. The van der Waals surface area contributed by atoms with Gasteiger partial charge in [-0.3, -0.25) is 0 Å². The molecule has 0 unspecified atom stereocenters. The summed E-state index contributed by atoms with van der Waals surface area (Å²) >= 11 is 5.11. The maximum absolute atomic E-state index is 3.92. The fraction of sp³-hybridized carbons (Fsp3) is 0.111. The van der Waals surface area contributed by atoms with Gasteiger partial charge in [0.2, 0.25) is 0 Å². The molecule has 0 saturated carbocycles. The van der Waals surface area contributed by atoms with E-state index in [0.717, 1.165) is 16.0 Å². The van der Waals surface area contributed by atoms with E-state index in [1.807, 2.05) is 0 Å². The van der Waals surface area contributed by atoms with Crippen LogP contribution in [0, 0.1) is 0 Å². The van der Waals surface area contributed by atoms with Gasteiger partial charge < -0.3 is 5.32 Å². The number of aromatic nitrogens is 2. The molecule has 0 aromatic carbocycles. The Balaban J connectivity index is 1.95. The molecular formula is C9H8BrN3S. The third-order valence-electron chi connectivity index (χ3n) is 1.68. The number of hydrogen-bond donors (Lipinski definition) is 1. The summed E-state index contributed by atoms with van der Waals surface area (Å²) in [6.45, 7) is 0.801. The van der Waals surface area contributed by atoms with Crippen molar-refractivity contribution >= 4 is 33.0 Å². The van der Waals surface area contributed by atoms with Crippen LogP contribution in [0.15, 0.2) is 34.0 Å². The highest BCUT2D eigenvalue weighted by Crippen LogP contribution is 2.21. The molecule has 0 aliphatic rings. The lowest BCUT2D eigenvalue weighted by Crippen LogP contribution is -1.98. The van der Waals surface area contributed by atoms with Crippen LogP contribution in [0.1, 0.15) is 5.56 Å². The highest BCUT2D eigenvalue weighted by atomic mass is 79.9. The van der Waals surface area contributed by atoms with Crippen LogP contribution in [0.4, 0.5) is 5.69 Å². The van der Waals surface area contributed by atoms with Crippen molar-refractivity contribution in [1.82, 2.24) is 9.97 Å². The van der Waals surface area contributed by atoms with Crippen molar-refractivity contribution in [3.05, 3.63) is 39.5 Å². The molecule has 14 heavy (non-hydrogen) atoms. The van der Waals surface area contributed by atoms with Gasteiger partial charge in [-0.2, -0.15) is 0 Å². The molecule has 2 rings (SSSR count). The summed E-state index contributed by atoms with van der Waals surface area (Å²) in [4.78, 5) is 7.84. The third-order valence-corrected chi connectivity index (χ3v) is 3.23. The van der Waals surface area contributed by atoms with Gasteiger partial charge in [-0.25, -0.2) is 9.97 Å². The van der Waals surface area contributed by atoms with Crippen LogP contribution in [-0.4, -0.2) is 9.97 Å². The molecule has 0 fully saturated rings.